The van der Waals surface area contributed by atoms with Gasteiger partial charge in [-0.25, -0.2) is 4.98 Å². The van der Waals surface area contributed by atoms with Crippen molar-refractivity contribution in [2.45, 2.75) is 43.7 Å². The molecule has 1 aliphatic rings. The zero-order chi connectivity index (χ0) is 16.3. The molecule has 1 aliphatic carbocycles. The Morgan fingerprint density at radius 2 is 2.12 bits per heavy atom. The Kier molecular flexibility index (Phi) is 6.70. The average molecular weight is 369 g/mol. The first-order chi connectivity index (χ1) is 11.1. The maximum absolute atomic E-state index is 6.17. The molecule has 0 unspecified atom stereocenters. The summed E-state index contributed by atoms with van der Waals surface area (Å²) in [5, 5.41) is 4.43. The van der Waals surface area contributed by atoms with Crippen LogP contribution in [0.15, 0.2) is 36.8 Å². The molecule has 132 valence electrons. The summed E-state index contributed by atoms with van der Waals surface area (Å²) in [5.41, 5.74) is 8.62. The molecule has 6 heteroatoms. The van der Waals surface area contributed by atoms with Gasteiger partial charge in [-0.15, -0.1) is 12.4 Å². The van der Waals surface area contributed by atoms with E-state index in [1.54, 1.807) is 0 Å². The molecular formula is C18H26Cl2N4. The van der Waals surface area contributed by atoms with Crippen LogP contribution in [0.2, 0.25) is 5.02 Å². The lowest BCUT2D eigenvalue weighted by atomic mass is 9.68. The molecule has 3 N–H and O–H groups in total. The summed E-state index contributed by atoms with van der Waals surface area (Å²) < 4.78 is 1.98. The standard InChI is InChI=1S/C18H25ClN4.ClH/c1-23-11-17(22-13-23)10-21-16-5-7-18(12-20,8-6-16)14-3-2-4-15(19)9-14;/h2-4,9,11,13,16,21H,5-8,10,12,20H2,1H3;1H/t16-,18-;. The lowest BCUT2D eigenvalue weighted by molar-refractivity contribution is 0.250. The highest BCUT2D eigenvalue weighted by Crippen LogP contribution is 2.39. The summed E-state index contributed by atoms with van der Waals surface area (Å²) in [5.74, 6) is 0. The van der Waals surface area contributed by atoms with Crippen LogP contribution in [0.25, 0.3) is 0 Å². The minimum atomic E-state index is 0. The van der Waals surface area contributed by atoms with Gasteiger partial charge in [0.25, 0.3) is 0 Å². The van der Waals surface area contributed by atoms with Crippen molar-refractivity contribution in [3.05, 3.63) is 53.1 Å². The molecule has 2 aromatic rings. The predicted octanol–water partition coefficient (Wildman–Crippen LogP) is 3.42. The van der Waals surface area contributed by atoms with E-state index in [-0.39, 0.29) is 17.8 Å². The van der Waals surface area contributed by atoms with Crippen molar-refractivity contribution < 1.29 is 0 Å². The highest BCUT2D eigenvalue weighted by molar-refractivity contribution is 6.30. The number of rotatable bonds is 5. The third-order valence-corrected chi connectivity index (χ3v) is 5.34. The fraction of sp³-hybridized carbons (Fsp3) is 0.500. The number of nitrogens with zero attached hydrogens (tertiary/aromatic N) is 2. The van der Waals surface area contributed by atoms with Crippen molar-refractivity contribution in [2.24, 2.45) is 12.8 Å². The molecule has 0 atom stereocenters. The first-order valence-electron chi connectivity index (χ1n) is 8.28. The zero-order valence-electron chi connectivity index (χ0n) is 14.0. The Hall–Kier alpha value is -1.07. The number of imidazole rings is 1. The van der Waals surface area contributed by atoms with E-state index in [1.807, 2.05) is 30.1 Å². The maximum atomic E-state index is 6.17. The predicted molar refractivity (Wildman–Crippen MR) is 102 cm³/mol. The van der Waals surface area contributed by atoms with Gasteiger partial charge in [0.2, 0.25) is 0 Å². The van der Waals surface area contributed by atoms with Crippen LogP contribution >= 0.6 is 24.0 Å². The van der Waals surface area contributed by atoms with Crippen molar-refractivity contribution in [3.8, 4) is 0 Å². The first kappa shape index (κ1) is 19.3. The van der Waals surface area contributed by atoms with E-state index >= 15 is 0 Å². The van der Waals surface area contributed by atoms with Gasteiger partial charge in [-0.05, 0) is 43.4 Å². The minimum Gasteiger partial charge on any atom is -0.340 e. The molecule has 1 saturated carbocycles. The number of halogens is 2. The van der Waals surface area contributed by atoms with Crippen LogP contribution < -0.4 is 11.1 Å². The molecule has 24 heavy (non-hydrogen) atoms. The van der Waals surface area contributed by atoms with E-state index < -0.39 is 0 Å². The smallest absolute Gasteiger partial charge is 0.0947 e. The number of benzene rings is 1. The van der Waals surface area contributed by atoms with Crippen LogP contribution in [0.5, 0.6) is 0 Å². The van der Waals surface area contributed by atoms with E-state index in [0.717, 1.165) is 42.9 Å². The van der Waals surface area contributed by atoms with Crippen LogP contribution in [0.4, 0.5) is 0 Å². The molecule has 0 spiro atoms. The van der Waals surface area contributed by atoms with Crippen LogP contribution in [-0.2, 0) is 19.0 Å². The van der Waals surface area contributed by atoms with E-state index in [9.17, 15) is 0 Å². The van der Waals surface area contributed by atoms with E-state index in [0.29, 0.717) is 12.6 Å². The van der Waals surface area contributed by atoms with E-state index in [1.165, 1.54) is 5.56 Å². The van der Waals surface area contributed by atoms with Gasteiger partial charge >= 0.3 is 0 Å². The summed E-state index contributed by atoms with van der Waals surface area (Å²) in [6, 6.07) is 8.74. The minimum absolute atomic E-state index is 0. The van der Waals surface area contributed by atoms with Gasteiger partial charge in [0.05, 0.1) is 12.0 Å². The average Bonchev–Trinajstić information content (AvgIpc) is 2.99. The van der Waals surface area contributed by atoms with Crippen molar-refractivity contribution in [3.63, 3.8) is 0 Å². The number of nitrogens with two attached hydrogens (primary N) is 1. The van der Waals surface area contributed by atoms with Crippen molar-refractivity contribution in [2.75, 3.05) is 6.54 Å². The zero-order valence-corrected chi connectivity index (χ0v) is 15.6. The second-order valence-electron chi connectivity index (χ2n) is 6.68. The molecule has 1 fully saturated rings. The highest BCUT2D eigenvalue weighted by atomic mass is 35.5. The highest BCUT2D eigenvalue weighted by Gasteiger charge is 2.35. The van der Waals surface area contributed by atoms with E-state index in [4.69, 9.17) is 17.3 Å². The van der Waals surface area contributed by atoms with Gasteiger partial charge in [0.15, 0.2) is 0 Å². The summed E-state index contributed by atoms with van der Waals surface area (Å²) >= 11 is 6.17. The third kappa shape index (κ3) is 4.31. The first-order valence-corrected chi connectivity index (χ1v) is 8.65. The van der Waals surface area contributed by atoms with Crippen molar-refractivity contribution >= 4 is 24.0 Å². The molecule has 0 aliphatic heterocycles. The SMILES string of the molecule is Cl.Cn1cnc(CN[C@H]2CC[C@](CN)(c3cccc(Cl)c3)CC2)c1. The molecule has 0 bridgehead atoms. The Morgan fingerprint density at radius 3 is 2.71 bits per heavy atom. The number of hydrogen-bond acceptors (Lipinski definition) is 3. The number of nitrogens with one attached hydrogen (secondary N) is 1. The van der Waals surface area contributed by atoms with Crippen LogP contribution in [-0.4, -0.2) is 22.1 Å². The molecule has 1 aromatic carbocycles. The van der Waals surface area contributed by atoms with Gasteiger partial charge in [0, 0.05) is 42.8 Å². The Bertz CT molecular complexity index is 648. The Balaban J connectivity index is 0.00000208. The summed E-state index contributed by atoms with van der Waals surface area (Å²) in [6.45, 7) is 1.51. The molecule has 4 nitrogen and oxygen atoms in total. The molecular weight excluding hydrogens is 343 g/mol. The molecule has 0 radical (unpaired) electrons. The number of hydrogen-bond donors (Lipinski definition) is 2. The number of aryl methyl sites for hydroxylation is 1. The molecule has 1 heterocycles. The van der Waals surface area contributed by atoms with Gasteiger partial charge in [-0.1, -0.05) is 23.7 Å². The monoisotopic (exact) mass is 368 g/mol. The number of aromatic nitrogens is 2. The maximum Gasteiger partial charge on any atom is 0.0947 e. The summed E-state index contributed by atoms with van der Waals surface area (Å²) in [6.07, 6.45) is 8.38. The largest absolute Gasteiger partial charge is 0.340 e. The molecule has 0 saturated heterocycles. The fourth-order valence-electron chi connectivity index (χ4n) is 3.61. The van der Waals surface area contributed by atoms with Gasteiger partial charge in [-0.3, -0.25) is 0 Å². The second kappa shape index (κ2) is 8.34. The van der Waals surface area contributed by atoms with Crippen LogP contribution in [0.1, 0.15) is 36.9 Å². The normalized spacial score (nSPS) is 23.7. The van der Waals surface area contributed by atoms with Gasteiger partial charge in [-0.2, -0.15) is 0 Å². The van der Waals surface area contributed by atoms with Crippen molar-refractivity contribution in [1.82, 2.24) is 14.9 Å². The molecule has 0 amide bonds. The molecule has 3 rings (SSSR count). The fourth-order valence-corrected chi connectivity index (χ4v) is 3.80. The Morgan fingerprint density at radius 1 is 1.38 bits per heavy atom. The molecule has 1 aromatic heterocycles. The van der Waals surface area contributed by atoms with Crippen LogP contribution in [0, 0.1) is 0 Å². The summed E-state index contributed by atoms with van der Waals surface area (Å²) in [7, 11) is 2.00. The summed E-state index contributed by atoms with van der Waals surface area (Å²) in [4.78, 5) is 4.37. The van der Waals surface area contributed by atoms with Gasteiger partial charge in [0.1, 0.15) is 0 Å². The van der Waals surface area contributed by atoms with Crippen molar-refractivity contribution in [1.29, 1.82) is 0 Å². The third-order valence-electron chi connectivity index (χ3n) is 5.10. The topological polar surface area (TPSA) is 55.9 Å². The lowest BCUT2D eigenvalue weighted by Gasteiger charge is -2.40. The Labute approximate surface area is 155 Å². The quantitative estimate of drug-likeness (QED) is 0.849. The van der Waals surface area contributed by atoms with Gasteiger partial charge < -0.3 is 15.6 Å². The van der Waals surface area contributed by atoms with Crippen LogP contribution in [0.3, 0.4) is 0 Å². The lowest BCUT2D eigenvalue weighted by Crippen LogP contribution is -2.43. The van der Waals surface area contributed by atoms with E-state index in [2.05, 4.69) is 28.6 Å². The second-order valence-corrected chi connectivity index (χ2v) is 7.12.